The highest BCUT2D eigenvalue weighted by atomic mass is 16.2. The molecule has 1 aliphatic rings. The molecular weight excluding hydrogens is 238 g/mol. The molecule has 0 radical (unpaired) electrons. The molecule has 1 aromatic rings. The van der Waals surface area contributed by atoms with Gasteiger partial charge in [0.2, 0.25) is 0 Å². The van der Waals surface area contributed by atoms with Gasteiger partial charge in [-0.25, -0.2) is 0 Å². The Morgan fingerprint density at radius 2 is 2.00 bits per heavy atom. The van der Waals surface area contributed by atoms with Gasteiger partial charge < -0.3 is 5.32 Å². The zero-order valence-corrected chi connectivity index (χ0v) is 11.8. The van der Waals surface area contributed by atoms with Crippen LogP contribution in [0.1, 0.15) is 25.0 Å². The molecule has 1 heterocycles. The summed E-state index contributed by atoms with van der Waals surface area (Å²) < 4.78 is 0. The SMILES string of the molecule is Cc1cc2c(cc1C)N(CC#N)C(=O)C(C(C)C)N2. The number of amides is 1. The Hall–Kier alpha value is -2.02. The Balaban J connectivity index is 2.53. The van der Waals surface area contributed by atoms with Gasteiger partial charge in [0.05, 0.1) is 17.4 Å². The Labute approximate surface area is 114 Å². The predicted octanol–water partition coefficient (Wildman–Crippen LogP) is 2.61. The molecule has 1 unspecified atom stereocenters. The van der Waals surface area contributed by atoms with Crippen molar-refractivity contribution in [2.75, 3.05) is 16.8 Å². The number of carbonyl (C=O) groups is 1. The molecule has 1 aromatic carbocycles. The standard InChI is InChI=1S/C15H19N3O/c1-9(2)14-15(19)18(6-5-16)13-8-11(4)10(3)7-12(13)17-14/h7-9,14,17H,6H2,1-4H3. The van der Waals surface area contributed by atoms with Gasteiger partial charge in [-0.3, -0.25) is 9.69 Å². The first-order valence-electron chi connectivity index (χ1n) is 6.51. The van der Waals surface area contributed by atoms with Crippen molar-refractivity contribution in [1.82, 2.24) is 0 Å². The van der Waals surface area contributed by atoms with E-state index >= 15 is 0 Å². The molecule has 1 atom stereocenters. The lowest BCUT2D eigenvalue weighted by Crippen LogP contribution is -2.49. The Morgan fingerprint density at radius 3 is 2.58 bits per heavy atom. The molecule has 2 rings (SSSR count). The van der Waals surface area contributed by atoms with Crippen molar-refractivity contribution in [1.29, 1.82) is 5.26 Å². The summed E-state index contributed by atoms with van der Waals surface area (Å²) in [5, 5.41) is 12.2. The second kappa shape index (κ2) is 4.93. The number of fused-ring (bicyclic) bond motifs is 1. The monoisotopic (exact) mass is 257 g/mol. The van der Waals surface area contributed by atoms with Gasteiger partial charge in [0.1, 0.15) is 12.6 Å². The first kappa shape index (κ1) is 13.4. The van der Waals surface area contributed by atoms with Crippen molar-refractivity contribution in [3.63, 3.8) is 0 Å². The third kappa shape index (κ3) is 2.28. The number of nitrogens with one attached hydrogen (secondary N) is 1. The summed E-state index contributed by atoms with van der Waals surface area (Å²) in [6.07, 6.45) is 0. The molecule has 100 valence electrons. The zero-order valence-electron chi connectivity index (χ0n) is 11.8. The zero-order chi connectivity index (χ0) is 14.2. The third-order valence-electron chi connectivity index (χ3n) is 3.64. The number of hydrogen-bond acceptors (Lipinski definition) is 3. The van der Waals surface area contributed by atoms with Crippen LogP contribution in [0.4, 0.5) is 11.4 Å². The molecule has 4 heteroatoms. The highest BCUT2D eigenvalue weighted by Gasteiger charge is 2.34. The first-order valence-corrected chi connectivity index (χ1v) is 6.51. The number of aryl methyl sites for hydroxylation is 2. The minimum Gasteiger partial charge on any atom is -0.372 e. The lowest BCUT2D eigenvalue weighted by Gasteiger charge is -2.36. The van der Waals surface area contributed by atoms with Crippen LogP contribution in [0.5, 0.6) is 0 Å². The number of anilines is 2. The summed E-state index contributed by atoms with van der Waals surface area (Å²) in [6.45, 7) is 8.17. The Kier molecular flexibility index (Phi) is 3.48. The van der Waals surface area contributed by atoms with Crippen molar-refractivity contribution < 1.29 is 4.79 Å². The van der Waals surface area contributed by atoms with E-state index in [2.05, 4.69) is 17.5 Å². The van der Waals surface area contributed by atoms with E-state index in [-0.39, 0.29) is 24.4 Å². The van der Waals surface area contributed by atoms with Crippen molar-refractivity contribution in [2.45, 2.75) is 33.7 Å². The first-order chi connectivity index (χ1) is 8.95. The Morgan fingerprint density at radius 1 is 1.37 bits per heavy atom. The molecular formula is C15H19N3O. The number of benzene rings is 1. The van der Waals surface area contributed by atoms with Crippen LogP contribution in [0.3, 0.4) is 0 Å². The highest BCUT2D eigenvalue weighted by molar-refractivity contribution is 6.05. The lowest BCUT2D eigenvalue weighted by atomic mass is 9.97. The van der Waals surface area contributed by atoms with E-state index < -0.39 is 0 Å². The van der Waals surface area contributed by atoms with Crippen LogP contribution >= 0.6 is 0 Å². The van der Waals surface area contributed by atoms with Gasteiger partial charge in [-0.05, 0) is 43.0 Å². The van der Waals surface area contributed by atoms with E-state index in [4.69, 9.17) is 5.26 Å². The van der Waals surface area contributed by atoms with Gasteiger partial charge in [-0.1, -0.05) is 13.8 Å². The maximum absolute atomic E-state index is 12.4. The second-order valence-corrected chi connectivity index (χ2v) is 5.40. The number of nitrogens with zero attached hydrogens (tertiary/aromatic N) is 2. The summed E-state index contributed by atoms with van der Waals surface area (Å²) in [7, 11) is 0. The van der Waals surface area contributed by atoms with Gasteiger partial charge in [0.15, 0.2) is 0 Å². The summed E-state index contributed by atoms with van der Waals surface area (Å²) >= 11 is 0. The summed E-state index contributed by atoms with van der Waals surface area (Å²) in [4.78, 5) is 14.0. The average Bonchev–Trinajstić information content (AvgIpc) is 2.35. The van der Waals surface area contributed by atoms with Gasteiger partial charge in [0, 0.05) is 0 Å². The topological polar surface area (TPSA) is 56.1 Å². The maximum Gasteiger partial charge on any atom is 0.250 e. The van der Waals surface area contributed by atoms with Crippen molar-refractivity contribution in [3.05, 3.63) is 23.3 Å². The smallest absolute Gasteiger partial charge is 0.250 e. The molecule has 0 saturated carbocycles. The molecule has 19 heavy (non-hydrogen) atoms. The fourth-order valence-corrected chi connectivity index (χ4v) is 2.34. The molecule has 1 aliphatic heterocycles. The van der Waals surface area contributed by atoms with Crippen LogP contribution in [0.15, 0.2) is 12.1 Å². The third-order valence-corrected chi connectivity index (χ3v) is 3.64. The quantitative estimate of drug-likeness (QED) is 0.828. The van der Waals surface area contributed by atoms with E-state index in [1.807, 2.05) is 33.8 Å². The van der Waals surface area contributed by atoms with Crippen LogP contribution in [0, 0.1) is 31.1 Å². The minimum absolute atomic E-state index is 0.0210. The normalized spacial score (nSPS) is 18.0. The van der Waals surface area contributed by atoms with Crippen LogP contribution in [-0.4, -0.2) is 18.5 Å². The fourth-order valence-electron chi connectivity index (χ4n) is 2.34. The minimum atomic E-state index is -0.261. The van der Waals surface area contributed by atoms with E-state index in [0.29, 0.717) is 0 Å². The van der Waals surface area contributed by atoms with Crippen molar-refractivity contribution in [3.8, 4) is 6.07 Å². The van der Waals surface area contributed by atoms with Gasteiger partial charge in [-0.2, -0.15) is 5.26 Å². The molecule has 0 saturated heterocycles. The van der Waals surface area contributed by atoms with E-state index in [1.54, 1.807) is 4.90 Å². The number of carbonyl (C=O) groups excluding carboxylic acids is 1. The van der Waals surface area contributed by atoms with Gasteiger partial charge in [0.25, 0.3) is 5.91 Å². The van der Waals surface area contributed by atoms with Crippen molar-refractivity contribution in [2.24, 2.45) is 5.92 Å². The van der Waals surface area contributed by atoms with E-state index in [9.17, 15) is 4.79 Å². The molecule has 0 aliphatic carbocycles. The van der Waals surface area contributed by atoms with E-state index in [0.717, 1.165) is 16.9 Å². The molecule has 1 amide bonds. The number of nitriles is 1. The molecule has 0 aromatic heterocycles. The van der Waals surface area contributed by atoms with Crippen LogP contribution < -0.4 is 10.2 Å². The predicted molar refractivity (Wildman–Crippen MR) is 76.1 cm³/mol. The largest absolute Gasteiger partial charge is 0.372 e. The van der Waals surface area contributed by atoms with Gasteiger partial charge >= 0.3 is 0 Å². The second-order valence-electron chi connectivity index (χ2n) is 5.40. The molecule has 0 spiro atoms. The fraction of sp³-hybridized carbons (Fsp3) is 0.467. The Bertz CT molecular complexity index is 557. The van der Waals surface area contributed by atoms with Crippen molar-refractivity contribution >= 4 is 17.3 Å². The van der Waals surface area contributed by atoms with Crippen LogP contribution in [0.2, 0.25) is 0 Å². The van der Waals surface area contributed by atoms with Crippen LogP contribution in [0.25, 0.3) is 0 Å². The summed E-state index contributed by atoms with van der Waals surface area (Å²) in [5.74, 6) is 0.163. The molecule has 0 fully saturated rings. The van der Waals surface area contributed by atoms with Gasteiger partial charge in [-0.15, -0.1) is 0 Å². The number of hydrogen-bond donors (Lipinski definition) is 1. The molecule has 4 nitrogen and oxygen atoms in total. The lowest BCUT2D eigenvalue weighted by molar-refractivity contribution is -0.120. The van der Waals surface area contributed by atoms with E-state index in [1.165, 1.54) is 5.56 Å². The highest BCUT2D eigenvalue weighted by Crippen LogP contribution is 2.35. The maximum atomic E-state index is 12.4. The molecule has 1 N–H and O–H groups in total. The summed E-state index contributed by atoms with van der Waals surface area (Å²) in [6, 6.07) is 5.85. The molecule has 0 bridgehead atoms. The van der Waals surface area contributed by atoms with Crippen LogP contribution in [-0.2, 0) is 4.79 Å². The summed E-state index contributed by atoms with van der Waals surface area (Å²) in [5.41, 5.74) is 4.06. The number of rotatable bonds is 2. The average molecular weight is 257 g/mol.